The van der Waals surface area contributed by atoms with Crippen molar-refractivity contribution in [3.8, 4) is 0 Å². The third kappa shape index (κ3) is 8.16. The summed E-state index contributed by atoms with van der Waals surface area (Å²) in [6.45, 7) is 7.52. The lowest BCUT2D eigenvalue weighted by Crippen LogP contribution is -2.18. The van der Waals surface area contributed by atoms with Crippen LogP contribution in [0, 0.1) is 11.8 Å². The van der Waals surface area contributed by atoms with Crippen LogP contribution in [0.1, 0.15) is 40.5 Å². The predicted molar refractivity (Wildman–Crippen MR) is 49.8 cm³/mol. The summed E-state index contributed by atoms with van der Waals surface area (Å²) in [6, 6.07) is 0. The van der Waals surface area contributed by atoms with Gasteiger partial charge < -0.3 is 4.74 Å². The highest BCUT2D eigenvalue weighted by molar-refractivity contribution is 4.53. The van der Waals surface area contributed by atoms with E-state index in [2.05, 4.69) is 4.74 Å². The van der Waals surface area contributed by atoms with Crippen molar-refractivity contribution in [1.29, 1.82) is 0 Å². The normalized spacial score (nSPS) is 16.6. The fourth-order valence-corrected chi connectivity index (χ4v) is 1.01. The van der Waals surface area contributed by atoms with Crippen LogP contribution in [0.5, 0.6) is 0 Å². The van der Waals surface area contributed by atoms with Gasteiger partial charge in [-0.05, 0) is 11.8 Å². The predicted octanol–water partition coefficient (Wildman–Crippen LogP) is 3.69. The highest BCUT2D eigenvalue weighted by Crippen LogP contribution is 2.16. The molecule has 3 heteroatoms. The van der Waals surface area contributed by atoms with Crippen molar-refractivity contribution in [3.63, 3.8) is 0 Å². The van der Waals surface area contributed by atoms with Crippen molar-refractivity contribution >= 4 is 0 Å². The standard InChI is InChI=1S/C10H20F2O/c1-7(2)5-9(11)13-10(12)6-8(3)4/h7-10H,5-6H2,1-4H3. The van der Waals surface area contributed by atoms with Crippen LogP contribution in [-0.4, -0.2) is 12.7 Å². The second-order valence-electron chi connectivity index (χ2n) is 4.22. The summed E-state index contributed by atoms with van der Waals surface area (Å²) in [4.78, 5) is 0. The Labute approximate surface area is 79.5 Å². The molecule has 0 amide bonds. The summed E-state index contributed by atoms with van der Waals surface area (Å²) in [5.74, 6) is 0.391. The summed E-state index contributed by atoms with van der Waals surface area (Å²) < 4.78 is 30.3. The van der Waals surface area contributed by atoms with Gasteiger partial charge in [0.1, 0.15) is 0 Å². The monoisotopic (exact) mass is 194 g/mol. The first kappa shape index (κ1) is 12.8. The Kier molecular flexibility index (Phi) is 6.21. The fourth-order valence-electron chi connectivity index (χ4n) is 1.01. The van der Waals surface area contributed by atoms with E-state index in [1.165, 1.54) is 0 Å². The maximum Gasteiger partial charge on any atom is 0.202 e. The van der Waals surface area contributed by atoms with Crippen LogP contribution >= 0.6 is 0 Å². The molecule has 0 rings (SSSR count). The molecule has 0 aliphatic rings. The minimum absolute atomic E-state index is 0.196. The minimum atomic E-state index is -1.46. The second-order valence-corrected chi connectivity index (χ2v) is 4.22. The van der Waals surface area contributed by atoms with Crippen molar-refractivity contribution in [2.24, 2.45) is 11.8 Å². The lowest BCUT2D eigenvalue weighted by atomic mass is 10.1. The van der Waals surface area contributed by atoms with Crippen LogP contribution in [0.3, 0.4) is 0 Å². The molecule has 1 nitrogen and oxygen atoms in total. The summed E-state index contributed by atoms with van der Waals surface area (Å²) in [5, 5.41) is 0. The van der Waals surface area contributed by atoms with Gasteiger partial charge >= 0.3 is 0 Å². The molecule has 2 unspecified atom stereocenters. The molecule has 0 saturated carbocycles. The van der Waals surface area contributed by atoms with Gasteiger partial charge in [-0.1, -0.05) is 27.7 Å². The smallest absolute Gasteiger partial charge is 0.202 e. The molecule has 13 heavy (non-hydrogen) atoms. The van der Waals surface area contributed by atoms with Crippen molar-refractivity contribution in [3.05, 3.63) is 0 Å². The maximum absolute atomic E-state index is 12.9. The largest absolute Gasteiger partial charge is 0.314 e. The van der Waals surface area contributed by atoms with Gasteiger partial charge in [-0.2, -0.15) is 0 Å². The molecule has 0 fully saturated rings. The number of ether oxygens (including phenoxy) is 1. The van der Waals surface area contributed by atoms with Crippen molar-refractivity contribution in [2.45, 2.75) is 53.3 Å². The molecule has 80 valence electrons. The number of rotatable bonds is 6. The van der Waals surface area contributed by atoms with Crippen molar-refractivity contribution in [2.75, 3.05) is 0 Å². The summed E-state index contributed by atoms with van der Waals surface area (Å²) in [5.41, 5.74) is 0. The minimum Gasteiger partial charge on any atom is -0.314 e. The molecule has 0 N–H and O–H groups in total. The van der Waals surface area contributed by atoms with Gasteiger partial charge in [0.05, 0.1) is 0 Å². The molecule has 0 bridgehead atoms. The number of halogens is 2. The zero-order valence-electron chi connectivity index (χ0n) is 8.89. The van der Waals surface area contributed by atoms with Gasteiger partial charge in [0.15, 0.2) is 0 Å². The number of hydrogen-bond donors (Lipinski definition) is 0. The topological polar surface area (TPSA) is 9.23 Å². The lowest BCUT2D eigenvalue weighted by Gasteiger charge is -2.16. The Morgan fingerprint density at radius 2 is 1.15 bits per heavy atom. The summed E-state index contributed by atoms with van der Waals surface area (Å²) >= 11 is 0. The average Bonchev–Trinajstić information content (AvgIpc) is 1.80. The van der Waals surface area contributed by atoms with Gasteiger partial charge in [0.2, 0.25) is 12.7 Å². The molecule has 0 aliphatic heterocycles. The highest BCUT2D eigenvalue weighted by Gasteiger charge is 2.16. The fraction of sp³-hybridized carbons (Fsp3) is 1.00. The molecule has 0 aromatic heterocycles. The second kappa shape index (κ2) is 6.30. The Balaban J connectivity index is 3.58. The Morgan fingerprint density at radius 3 is 1.38 bits per heavy atom. The first-order valence-corrected chi connectivity index (χ1v) is 4.85. The Bertz CT molecular complexity index is 112. The van der Waals surface area contributed by atoms with Crippen molar-refractivity contribution < 1.29 is 13.5 Å². The van der Waals surface area contributed by atoms with Crippen LogP contribution in [0.25, 0.3) is 0 Å². The first-order chi connectivity index (χ1) is 5.91. The molecule has 0 aliphatic carbocycles. The molecule has 2 atom stereocenters. The van der Waals surface area contributed by atoms with E-state index in [9.17, 15) is 8.78 Å². The van der Waals surface area contributed by atoms with E-state index in [-0.39, 0.29) is 24.7 Å². The van der Waals surface area contributed by atoms with Crippen LogP contribution in [0.15, 0.2) is 0 Å². The van der Waals surface area contributed by atoms with Crippen LogP contribution in [-0.2, 0) is 4.74 Å². The van der Waals surface area contributed by atoms with Gasteiger partial charge in [-0.15, -0.1) is 0 Å². The Hall–Kier alpha value is -0.180. The molecular formula is C10H20F2O. The first-order valence-electron chi connectivity index (χ1n) is 4.85. The molecular weight excluding hydrogens is 174 g/mol. The lowest BCUT2D eigenvalue weighted by molar-refractivity contribution is -0.151. The van der Waals surface area contributed by atoms with E-state index in [0.29, 0.717) is 0 Å². The summed E-state index contributed by atoms with van der Waals surface area (Å²) in [7, 11) is 0. The van der Waals surface area contributed by atoms with E-state index in [4.69, 9.17) is 0 Å². The van der Waals surface area contributed by atoms with E-state index in [1.54, 1.807) is 0 Å². The molecule has 0 heterocycles. The molecule has 0 aromatic rings. The molecule has 0 saturated heterocycles. The molecule has 0 spiro atoms. The maximum atomic E-state index is 12.9. The van der Waals surface area contributed by atoms with Crippen molar-refractivity contribution in [1.82, 2.24) is 0 Å². The SMILES string of the molecule is CC(C)CC(F)OC(F)CC(C)C. The number of alkyl halides is 2. The zero-order chi connectivity index (χ0) is 10.4. The quantitative estimate of drug-likeness (QED) is 0.626. The molecule has 0 radical (unpaired) electrons. The van der Waals surface area contributed by atoms with E-state index < -0.39 is 12.7 Å². The Morgan fingerprint density at radius 1 is 0.846 bits per heavy atom. The zero-order valence-corrected chi connectivity index (χ0v) is 8.89. The highest BCUT2D eigenvalue weighted by atomic mass is 19.2. The molecule has 0 aromatic carbocycles. The van der Waals surface area contributed by atoms with Gasteiger partial charge in [0.25, 0.3) is 0 Å². The third-order valence-corrected chi connectivity index (χ3v) is 1.61. The van der Waals surface area contributed by atoms with Gasteiger partial charge in [0, 0.05) is 12.8 Å². The average molecular weight is 194 g/mol. The number of hydrogen-bond acceptors (Lipinski definition) is 1. The van der Waals surface area contributed by atoms with E-state index >= 15 is 0 Å². The van der Waals surface area contributed by atoms with Crippen LogP contribution < -0.4 is 0 Å². The van der Waals surface area contributed by atoms with E-state index in [1.807, 2.05) is 27.7 Å². The van der Waals surface area contributed by atoms with E-state index in [0.717, 1.165) is 0 Å². The van der Waals surface area contributed by atoms with Crippen LogP contribution in [0.2, 0.25) is 0 Å². The summed E-state index contributed by atoms with van der Waals surface area (Å²) in [6.07, 6.45) is -2.40. The van der Waals surface area contributed by atoms with Gasteiger partial charge in [-0.25, -0.2) is 8.78 Å². The third-order valence-electron chi connectivity index (χ3n) is 1.61. The van der Waals surface area contributed by atoms with Crippen LogP contribution in [0.4, 0.5) is 8.78 Å². The van der Waals surface area contributed by atoms with Gasteiger partial charge in [-0.3, -0.25) is 0 Å².